The maximum atomic E-state index is 12.5. The number of hydrogen-bond acceptors (Lipinski definition) is 4. The number of aromatic nitrogens is 2. The molecule has 128 valence electrons. The van der Waals surface area contributed by atoms with E-state index in [1.807, 2.05) is 17.8 Å². The highest BCUT2D eigenvalue weighted by atomic mass is 32.1. The van der Waals surface area contributed by atoms with Crippen molar-refractivity contribution in [2.24, 2.45) is 0 Å². The van der Waals surface area contributed by atoms with Gasteiger partial charge in [-0.25, -0.2) is 0 Å². The quantitative estimate of drug-likeness (QED) is 0.843. The second kappa shape index (κ2) is 6.33. The van der Waals surface area contributed by atoms with Gasteiger partial charge in [-0.05, 0) is 44.7 Å². The van der Waals surface area contributed by atoms with Crippen LogP contribution in [0.1, 0.15) is 58.6 Å². The highest BCUT2D eigenvalue weighted by Crippen LogP contribution is 2.45. The third-order valence-corrected chi connectivity index (χ3v) is 6.20. The van der Waals surface area contributed by atoms with E-state index in [1.54, 1.807) is 17.5 Å². The Kier molecular flexibility index (Phi) is 4.18. The normalized spacial score (nSPS) is 23.1. The van der Waals surface area contributed by atoms with Gasteiger partial charge in [0.15, 0.2) is 0 Å². The van der Waals surface area contributed by atoms with E-state index in [2.05, 4.69) is 28.7 Å². The van der Waals surface area contributed by atoms with Crippen LogP contribution in [-0.4, -0.2) is 27.8 Å². The number of carbonyl (C=O) groups excluding carboxylic acids is 1. The summed E-state index contributed by atoms with van der Waals surface area (Å²) in [5.74, 6) is 0.556. The van der Waals surface area contributed by atoms with Crippen LogP contribution < -0.4 is 10.6 Å². The number of hydrogen-bond donors (Lipinski definition) is 2. The Morgan fingerprint density at radius 2 is 2.29 bits per heavy atom. The van der Waals surface area contributed by atoms with E-state index in [4.69, 9.17) is 0 Å². The number of nitrogens with one attached hydrogen (secondary N) is 2. The summed E-state index contributed by atoms with van der Waals surface area (Å²) in [5.41, 5.74) is 2.11. The Balaban J connectivity index is 1.40. The lowest BCUT2D eigenvalue weighted by Crippen LogP contribution is -2.37. The van der Waals surface area contributed by atoms with E-state index in [-0.39, 0.29) is 5.91 Å². The summed E-state index contributed by atoms with van der Waals surface area (Å²) in [6.07, 6.45) is 8.78. The van der Waals surface area contributed by atoms with Crippen molar-refractivity contribution < 1.29 is 4.79 Å². The fraction of sp³-hybridized carbons (Fsp3) is 0.556. The lowest BCUT2D eigenvalue weighted by Gasteiger charge is -2.26. The van der Waals surface area contributed by atoms with Gasteiger partial charge >= 0.3 is 0 Å². The first-order chi connectivity index (χ1) is 11.6. The molecule has 0 aromatic carbocycles. The van der Waals surface area contributed by atoms with Gasteiger partial charge in [0.1, 0.15) is 0 Å². The van der Waals surface area contributed by atoms with Crippen LogP contribution in [0.4, 0.5) is 5.69 Å². The average molecular weight is 344 g/mol. The Morgan fingerprint density at radius 3 is 2.96 bits per heavy atom. The van der Waals surface area contributed by atoms with Crippen molar-refractivity contribution in [3.8, 4) is 0 Å². The van der Waals surface area contributed by atoms with Crippen LogP contribution >= 0.6 is 11.3 Å². The van der Waals surface area contributed by atoms with Gasteiger partial charge in [-0.3, -0.25) is 9.48 Å². The van der Waals surface area contributed by atoms with Crippen molar-refractivity contribution in [2.45, 2.75) is 64.1 Å². The van der Waals surface area contributed by atoms with Crippen LogP contribution in [-0.2, 0) is 6.54 Å². The van der Waals surface area contributed by atoms with E-state index >= 15 is 0 Å². The van der Waals surface area contributed by atoms with Crippen molar-refractivity contribution in [3.05, 3.63) is 33.8 Å². The number of anilines is 1. The summed E-state index contributed by atoms with van der Waals surface area (Å²) in [5, 5.41) is 10.9. The number of rotatable bonds is 6. The van der Waals surface area contributed by atoms with E-state index in [0.717, 1.165) is 23.2 Å². The van der Waals surface area contributed by atoms with Crippen LogP contribution in [0.3, 0.4) is 0 Å². The topological polar surface area (TPSA) is 59.0 Å². The van der Waals surface area contributed by atoms with Crippen LogP contribution in [0.25, 0.3) is 0 Å². The first-order valence-corrected chi connectivity index (χ1v) is 9.66. The Morgan fingerprint density at radius 1 is 1.46 bits per heavy atom. The van der Waals surface area contributed by atoms with Crippen molar-refractivity contribution in [3.63, 3.8) is 0 Å². The molecule has 0 saturated heterocycles. The summed E-state index contributed by atoms with van der Waals surface area (Å²) in [6.45, 7) is 4.96. The fourth-order valence-electron chi connectivity index (χ4n) is 3.37. The van der Waals surface area contributed by atoms with Crippen LogP contribution in [0, 0.1) is 6.92 Å². The van der Waals surface area contributed by atoms with Crippen molar-refractivity contribution in [2.75, 3.05) is 5.32 Å². The van der Waals surface area contributed by atoms with E-state index in [1.165, 1.54) is 36.1 Å². The molecular formula is C18H24N4OS. The molecule has 0 radical (unpaired) electrons. The monoisotopic (exact) mass is 344 g/mol. The van der Waals surface area contributed by atoms with Gasteiger partial charge in [0.05, 0.1) is 16.8 Å². The van der Waals surface area contributed by atoms with Crippen LogP contribution in [0.2, 0.25) is 0 Å². The first-order valence-electron chi connectivity index (χ1n) is 8.84. The second-order valence-corrected chi connectivity index (χ2v) is 8.16. The predicted octanol–water partition coefficient (Wildman–Crippen LogP) is 3.52. The van der Waals surface area contributed by atoms with Crippen molar-refractivity contribution in [1.82, 2.24) is 15.1 Å². The summed E-state index contributed by atoms with van der Waals surface area (Å²) in [4.78, 5) is 14.5. The lowest BCUT2D eigenvalue weighted by atomic mass is 9.93. The van der Waals surface area contributed by atoms with Gasteiger partial charge in [0.25, 0.3) is 5.91 Å². The second-order valence-electron chi connectivity index (χ2n) is 6.90. The van der Waals surface area contributed by atoms with Gasteiger partial charge in [0.2, 0.25) is 0 Å². The van der Waals surface area contributed by atoms with Gasteiger partial charge < -0.3 is 10.6 Å². The molecule has 2 N–H and O–H groups in total. The third kappa shape index (κ3) is 3.13. The molecule has 2 saturated carbocycles. The van der Waals surface area contributed by atoms with Crippen molar-refractivity contribution in [1.29, 1.82) is 0 Å². The first kappa shape index (κ1) is 15.8. The molecule has 2 aromatic rings. The summed E-state index contributed by atoms with van der Waals surface area (Å²) in [7, 11) is 0. The molecule has 2 aliphatic rings. The molecule has 2 aliphatic carbocycles. The number of nitrogens with zero attached hydrogens (tertiary/aromatic N) is 2. The zero-order valence-electron chi connectivity index (χ0n) is 14.2. The van der Waals surface area contributed by atoms with Crippen molar-refractivity contribution >= 4 is 22.9 Å². The van der Waals surface area contributed by atoms with Gasteiger partial charge in [-0.2, -0.15) is 5.10 Å². The Labute approximate surface area is 146 Å². The number of aryl methyl sites for hydroxylation is 2. The van der Waals surface area contributed by atoms with Gasteiger partial charge in [-0.15, -0.1) is 11.3 Å². The molecule has 24 heavy (non-hydrogen) atoms. The zero-order valence-corrected chi connectivity index (χ0v) is 15.0. The average Bonchev–Trinajstić information content (AvgIpc) is 2.94. The predicted molar refractivity (Wildman–Crippen MR) is 96.8 cm³/mol. The number of thiophene rings is 1. The molecule has 4 rings (SSSR count). The highest BCUT2D eigenvalue weighted by Gasteiger charge is 2.41. The molecule has 0 aliphatic heterocycles. The number of amides is 1. The molecular weight excluding hydrogens is 320 g/mol. The molecule has 2 aromatic heterocycles. The maximum Gasteiger partial charge on any atom is 0.265 e. The standard InChI is InChI=1S/C18H24N4OS/c1-3-22-10-13(9-19-22)21-18(23)17-8-14(11(2)24-17)15-7-16(15)20-12-5-4-6-12/h8-10,12,15-16,20H,3-7H2,1-2H3,(H,21,23). The smallest absolute Gasteiger partial charge is 0.265 e. The van der Waals surface area contributed by atoms with Gasteiger partial charge in [0, 0.05) is 35.6 Å². The third-order valence-electron chi connectivity index (χ3n) is 5.14. The molecule has 1 amide bonds. The molecule has 5 nitrogen and oxygen atoms in total. The largest absolute Gasteiger partial charge is 0.319 e. The minimum absolute atomic E-state index is 0.0332. The maximum absolute atomic E-state index is 12.5. The Hall–Kier alpha value is -1.66. The Bertz CT molecular complexity index is 746. The zero-order chi connectivity index (χ0) is 16.7. The van der Waals surface area contributed by atoms with E-state index in [9.17, 15) is 4.79 Å². The molecule has 6 heteroatoms. The minimum Gasteiger partial charge on any atom is -0.319 e. The highest BCUT2D eigenvalue weighted by molar-refractivity contribution is 7.14. The molecule has 2 heterocycles. The van der Waals surface area contributed by atoms with E-state index in [0.29, 0.717) is 12.0 Å². The van der Waals surface area contributed by atoms with Crippen LogP contribution in [0.15, 0.2) is 18.5 Å². The fourth-order valence-corrected chi connectivity index (χ4v) is 4.36. The summed E-state index contributed by atoms with van der Waals surface area (Å²) >= 11 is 1.60. The molecule has 2 unspecified atom stereocenters. The lowest BCUT2D eigenvalue weighted by molar-refractivity contribution is 0.103. The van der Waals surface area contributed by atoms with E-state index < -0.39 is 0 Å². The molecule has 2 fully saturated rings. The molecule has 0 spiro atoms. The minimum atomic E-state index is -0.0332. The summed E-state index contributed by atoms with van der Waals surface area (Å²) in [6, 6.07) is 3.44. The molecule has 0 bridgehead atoms. The van der Waals surface area contributed by atoms with Crippen LogP contribution in [0.5, 0.6) is 0 Å². The summed E-state index contributed by atoms with van der Waals surface area (Å²) < 4.78 is 1.81. The SMILES string of the molecule is CCn1cc(NC(=O)c2cc(C3CC3NC3CCC3)c(C)s2)cn1. The number of carbonyl (C=O) groups is 1. The molecule has 2 atom stereocenters. The van der Waals surface area contributed by atoms with Gasteiger partial charge in [-0.1, -0.05) is 6.42 Å².